The van der Waals surface area contributed by atoms with Crippen LogP contribution in [0.25, 0.3) is 0 Å². The molecule has 1 saturated heterocycles. The zero-order valence-corrected chi connectivity index (χ0v) is 23.6. The smallest absolute Gasteiger partial charge is 0.308 e. The second-order valence-electron chi connectivity index (χ2n) is 10.00. The first-order valence-corrected chi connectivity index (χ1v) is 15.1. The van der Waals surface area contributed by atoms with Crippen LogP contribution in [0, 0.1) is 11.3 Å². The Hall–Kier alpha value is -4.39. The molecule has 4 amide bonds. The van der Waals surface area contributed by atoms with E-state index in [2.05, 4.69) is 28.8 Å². The predicted octanol–water partition coefficient (Wildman–Crippen LogP) is 6.96. The average molecular weight is 579 g/mol. The third-order valence-electron chi connectivity index (χ3n) is 7.34. The number of nitrogens with one attached hydrogen (secondary N) is 2. The van der Waals surface area contributed by atoms with Gasteiger partial charge in [-0.1, -0.05) is 54.6 Å². The Bertz CT molecular complexity index is 1660. The summed E-state index contributed by atoms with van der Waals surface area (Å²) in [5.41, 5.74) is 3.95. The number of thioether (sulfide) groups is 1. The van der Waals surface area contributed by atoms with Crippen molar-refractivity contribution < 1.29 is 14.4 Å². The van der Waals surface area contributed by atoms with Crippen molar-refractivity contribution in [2.45, 2.75) is 41.7 Å². The Morgan fingerprint density at radius 3 is 2.39 bits per heavy atom. The van der Waals surface area contributed by atoms with Gasteiger partial charge in [0.25, 0.3) is 0 Å². The number of amides is 4. The molecule has 0 bridgehead atoms. The Morgan fingerprint density at radius 2 is 1.63 bits per heavy atom. The molecule has 1 aliphatic heterocycles. The lowest BCUT2D eigenvalue weighted by Gasteiger charge is -2.22. The van der Waals surface area contributed by atoms with Gasteiger partial charge in [0.2, 0.25) is 11.8 Å². The van der Waals surface area contributed by atoms with Gasteiger partial charge in [-0.15, -0.1) is 23.1 Å². The van der Waals surface area contributed by atoms with Crippen molar-refractivity contribution >= 4 is 57.3 Å². The molecule has 9 heteroatoms. The molecule has 2 atom stereocenters. The maximum atomic E-state index is 13.6. The number of urea groups is 1. The topological polar surface area (TPSA) is 102 Å². The fourth-order valence-corrected chi connectivity index (χ4v) is 7.90. The van der Waals surface area contributed by atoms with Crippen LogP contribution in [0.1, 0.15) is 40.3 Å². The minimum Gasteiger partial charge on any atom is -0.308 e. The standard InChI is InChI=1S/C32H26N4O3S2/c33-19-26-25-15-14-21(20-8-3-1-4-9-20)16-27(25)41-31(26)36-29(37)18-28(30(36)38)40-24-13-7-12-23(17-24)35-32(39)34-22-10-5-2-6-11-22/h1-13,17,21,28H,14-16,18H2,(H2,34,35,39)/t21-,28+/m1/s1. The van der Waals surface area contributed by atoms with Crippen LogP contribution in [0.3, 0.4) is 0 Å². The maximum absolute atomic E-state index is 13.6. The van der Waals surface area contributed by atoms with Gasteiger partial charge in [0.05, 0.1) is 10.8 Å². The number of benzene rings is 3. The fourth-order valence-electron chi connectivity index (χ4n) is 5.39. The van der Waals surface area contributed by atoms with E-state index in [9.17, 15) is 19.6 Å². The van der Waals surface area contributed by atoms with Crippen LogP contribution in [0.5, 0.6) is 0 Å². The van der Waals surface area contributed by atoms with Gasteiger partial charge in [-0.2, -0.15) is 5.26 Å². The molecule has 0 radical (unpaired) electrons. The van der Waals surface area contributed by atoms with Crippen molar-refractivity contribution in [3.63, 3.8) is 0 Å². The predicted molar refractivity (Wildman–Crippen MR) is 163 cm³/mol. The summed E-state index contributed by atoms with van der Waals surface area (Å²) in [6.45, 7) is 0. The van der Waals surface area contributed by atoms with Crippen LogP contribution < -0.4 is 15.5 Å². The fraction of sp³-hybridized carbons (Fsp3) is 0.188. The van der Waals surface area contributed by atoms with Gasteiger partial charge in [-0.05, 0) is 66.6 Å². The van der Waals surface area contributed by atoms with Gasteiger partial charge in [-0.3, -0.25) is 9.59 Å². The van der Waals surface area contributed by atoms with Gasteiger partial charge in [0.1, 0.15) is 11.1 Å². The molecule has 204 valence electrons. The number of nitriles is 1. The van der Waals surface area contributed by atoms with Crippen LogP contribution in [0.4, 0.5) is 21.2 Å². The molecule has 0 spiro atoms. The first kappa shape index (κ1) is 26.8. The highest BCUT2D eigenvalue weighted by molar-refractivity contribution is 8.00. The maximum Gasteiger partial charge on any atom is 0.323 e. The lowest BCUT2D eigenvalue weighted by atomic mass is 9.83. The molecular formula is C32H26N4O3S2. The lowest BCUT2D eigenvalue weighted by molar-refractivity contribution is -0.121. The van der Waals surface area contributed by atoms with Gasteiger partial charge in [-0.25, -0.2) is 9.69 Å². The normalized spacial score (nSPS) is 18.1. The molecule has 1 aromatic heterocycles. The lowest BCUT2D eigenvalue weighted by Crippen LogP contribution is -2.31. The van der Waals surface area contributed by atoms with Crippen molar-refractivity contribution in [3.8, 4) is 6.07 Å². The Kier molecular flexibility index (Phi) is 7.59. The number of hydrogen-bond donors (Lipinski definition) is 2. The molecule has 0 saturated carbocycles. The number of thiophene rings is 1. The Balaban J connectivity index is 1.16. The van der Waals surface area contributed by atoms with Crippen molar-refractivity contribution in [3.05, 3.63) is 106 Å². The monoisotopic (exact) mass is 578 g/mol. The van der Waals surface area contributed by atoms with Gasteiger partial charge >= 0.3 is 6.03 Å². The van der Waals surface area contributed by atoms with E-state index in [0.29, 0.717) is 27.9 Å². The van der Waals surface area contributed by atoms with Crippen molar-refractivity contribution in [2.24, 2.45) is 0 Å². The third kappa shape index (κ3) is 5.62. The minimum absolute atomic E-state index is 0.0513. The molecule has 0 unspecified atom stereocenters. The Labute approximate surface area is 246 Å². The highest BCUT2D eigenvalue weighted by atomic mass is 32.2. The number of carbonyl (C=O) groups excluding carboxylic acids is 3. The van der Waals surface area contributed by atoms with E-state index in [1.54, 1.807) is 30.3 Å². The number of nitrogens with zero attached hydrogens (tertiary/aromatic N) is 2. The van der Waals surface area contributed by atoms with E-state index in [4.69, 9.17) is 0 Å². The zero-order chi connectivity index (χ0) is 28.3. The van der Waals surface area contributed by atoms with Crippen molar-refractivity contribution in [2.75, 3.05) is 15.5 Å². The number of hydrogen-bond acceptors (Lipinski definition) is 6. The van der Waals surface area contributed by atoms with E-state index in [-0.39, 0.29) is 24.3 Å². The highest BCUT2D eigenvalue weighted by Crippen LogP contribution is 2.46. The molecule has 1 aliphatic carbocycles. The summed E-state index contributed by atoms with van der Waals surface area (Å²) in [6, 6.07) is 28.6. The molecule has 1 fully saturated rings. The molecule has 6 rings (SSSR count). The van der Waals surface area contributed by atoms with E-state index in [0.717, 1.165) is 34.6 Å². The molecule has 41 heavy (non-hydrogen) atoms. The van der Waals surface area contributed by atoms with E-state index in [1.165, 1.54) is 33.6 Å². The summed E-state index contributed by atoms with van der Waals surface area (Å²) in [7, 11) is 0. The molecule has 7 nitrogen and oxygen atoms in total. The molecular weight excluding hydrogens is 553 g/mol. The van der Waals surface area contributed by atoms with Crippen molar-refractivity contribution in [1.82, 2.24) is 0 Å². The molecule has 4 aromatic rings. The minimum atomic E-state index is -0.612. The van der Waals surface area contributed by atoms with E-state index < -0.39 is 5.25 Å². The SMILES string of the molecule is N#Cc1c(N2C(=O)C[C@H](Sc3cccc(NC(=O)Nc4ccccc4)c3)C2=O)sc2c1CC[C@@H](c1ccccc1)C2. The van der Waals surface area contributed by atoms with Crippen LogP contribution in [0.15, 0.2) is 89.8 Å². The summed E-state index contributed by atoms with van der Waals surface area (Å²) >= 11 is 2.70. The second kappa shape index (κ2) is 11.6. The quantitative estimate of drug-likeness (QED) is 0.241. The average Bonchev–Trinajstić information content (AvgIpc) is 3.48. The summed E-state index contributed by atoms with van der Waals surface area (Å²) in [5.74, 6) is -0.251. The first-order chi connectivity index (χ1) is 20.0. The number of fused-ring (bicyclic) bond motifs is 1. The van der Waals surface area contributed by atoms with Gasteiger partial charge in [0, 0.05) is 27.6 Å². The Morgan fingerprint density at radius 1 is 0.927 bits per heavy atom. The van der Waals surface area contributed by atoms with Crippen LogP contribution in [-0.4, -0.2) is 23.1 Å². The molecule has 2 aliphatic rings. The zero-order valence-electron chi connectivity index (χ0n) is 22.0. The summed E-state index contributed by atoms with van der Waals surface area (Å²) in [5, 5.41) is 15.5. The largest absolute Gasteiger partial charge is 0.323 e. The number of para-hydroxylation sites is 1. The molecule has 2 N–H and O–H groups in total. The van der Waals surface area contributed by atoms with Crippen LogP contribution in [0.2, 0.25) is 0 Å². The van der Waals surface area contributed by atoms with Crippen LogP contribution in [-0.2, 0) is 22.4 Å². The van der Waals surface area contributed by atoms with Gasteiger partial charge in [0.15, 0.2) is 0 Å². The van der Waals surface area contributed by atoms with E-state index in [1.807, 2.05) is 42.5 Å². The molecule has 2 heterocycles. The summed E-state index contributed by atoms with van der Waals surface area (Å²) in [6.07, 6.45) is 2.52. The number of anilines is 3. The number of rotatable bonds is 6. The molecule has 3 aromatic carbocycles. The van der Waals surface area contributed by atoms with Crippen LogP contribution >= 0.6 is 23.1 Å². The van der Waals surface area contributed by atoms with Crippen molar-refractivity contribution in [1.29, 1.82) is 5.26 Å². The highest BCUT2D eigenvalue weighted by Gasteiger charge is 2.43. The number of carbonyl (C=O) groups is 3. The third-order valence-corrected chi connectivity index (χ3v) is 9.76. The van der Waals surface area contributed by atoms with E-state index >= 15 is 0 Å². The second-order valence-corrected chi connectivity index (χ2v) is 12.4. The van der Waals surface area contributed by atoms with Gasteiger partial charge < -0.3 is 10.6 Å². The summed E-state index contributed by atoms with van der Waals surface area (Å²) in [4.78, 5) is 42.2. The number of imide groups is 1. The summed E-state index contributed by atoms with van der Waals surface area (Å²) < 4.78 is 0. The first-order valence-electron chi connectivity index (χ1n) is 13.4.